The third-order valence-corrected chi connectivity index (χ3v) is 4.94. The number of benzene rings is 3. The first-order valence-electron chi connectivity index (χ1n) is 9.42. The Hall–Kier alpha value is -3.88. The van der Waals surface area contributed by atoms with Gasteiger partial charge in [-0.05, 0) is 54.6 Å². The van der Waals surface area contributed by atoms with E-state index < -0.39 is 17.8 Å². The van der Waals surface area contributed by atoms with E-state index in [9.17, 15) is 14.4 Å². The number of esters is 1. The Labute approximate surface area is 199 Å². The molecular weight excluding hydrogens is 469 g/mol. The van der Waals surface area contributed by atoms with Gasteiger partial charge in [0.2, 0.25) is 0 Å². The minimum absolute atomic E-state index is 0.219. The highest BCUT2D eigenvalue weighted by molar-refractivity contribution is 6.43. The quantitative estimate of drug-likeness (QED) is 0.178. The summed E-state index contributed by atoms with van der Waals surface area (Å²) >= 11 is 11.7. The van der Waals surface area contributed by atoms with Crippen LogP contribution >= 0.6 is 23.2 Å². The Morgan fingerprint density at radius 1 is 0.909 bits per heavy atom. The number of nitrogens with zero attached hydrogens (tertiary/aromatic N) is 1. The maximum Gasteiger partial charge on any atom is 0.343 e. The third-order valence-electron chi connectivity index (χ3n) is 4.20. The Kier molecular flexibility index (Phi) is 8.01. The number of carbonyl (C=O) groups excluding carboxylic acids is 3. The van der Waals surface area contributed by atoms with Gasteiger partial charge in [0.25, 0.3) is 0 Å². The monoisotopic (exact) mass is 485 g/mol. The van der Waals surface area contributed by atoms with Crippen molar-refractivity contribution in [1.82, 2.24) is 5.43 Å². The lowest BCUT2D eigenvalue weighted by atomic mass is 10.2. The van der Waals surface area contributed by atoms with Gasteiger partial charge >= 0.3 is 17.8 Å². The first kappa shape index (κ1) is 23.8. The number of rotatable bonds is 6. The van der Waals surface area contributed by atoms with Crippen LogP contribution in [0.1, 0.15) is 15.9 Å². The van der Waals surface area contributed by atoms with E-state index in [0.29, 0.717) is 27.6 Å². The van der Waals surface area contributed by atoms with Gasteiger partial charge < -0.3 is 14.8 Å². The van der Waals surface area contributed by atoms with Crippen LogP contribution in [-0.2, 0) is 9.59 Å². The number of nitrogens with one attached hydrogen (secondary N) is 2. The fourth-order valence-electron chi connectivity index (χ4n) is 2.54. The second-order valence-corrected chi connectivity index (χ2v) is 7.25. The van der Waals surface area contributed by atoms with Crippen molar-refractivity contribution in [3.8, 4) is 11.5 Å². The molecule has 2 N–H and O–H groups in total. The fraction of sp³-hybridized carbons (Fsp3) is 0.0435. The van der Waals surface area contributed by atoms with Gasteiger partial charge in [-0.15, -0.1) is 0 Å². The number of hydrazone groups is 1. The van der Waals surface area contributed by atoms with E-state index in [0.717, 1.165) is 0 Å². The molecule has 0 spiro atoms. The molecule has 0 saturated heterocycles. The Morgan fingerprint density at radius 2 is 1.64 bits per heavy atom. The molecule has 0 unspecified atom stereocenters. The first-order valence-corrected chi connectivity index (χ1v) is 10.2. The largest absolute Gasteiger partial charge is 0.497 e. The van der Waals surface area contributed by atoms with Gasteiger partial charge in [-0.2, -0.15) is 5.10 Å². The van der Waals surface area contributed by atoms with Crippen LogP contribution in [0.25, 0.3) is 0 Å². The summed E-state index contributed by atoms with van der Waals surface area (Å²) < 4.78 is 10.5. The maximum absolute atomic E-state index is 12.4. The molecular formula is C23H17Cl2N3O5. The topological polar surface area (TPSA) is 106 Å². The van der Waals surface area contributed by atoms with Crippen LogP contribution < -0.4 is 20.2 Å². The van der Waals surface area contributed by atoms with Crippen LogP contribution in [0.3, 0.4) is 0 Å². The highest BCUT2D eigenvalue weighted by atomic mass is 35.5. The van der Waals surface area contributed by atoms with Gasteiger partial charge in [0.15, 0.2) is 0 Å². The van der Waals surface area contributed by atoms with Crippen molar-refractivity contribution in [3.05, 3.63) is 87.9 Å². The SMILES string of the molecule is COc1ccc(C(=O)Oc2ccccc2/C=N/NC(=O)C(=O)Nc2ccc(Cl)c(Cl)c2)cc1. The third kappa shape index (κ3) is 6.55. The molecule has 168 valence electrons. The summed E-state index contributed by atoms with van der Waals surface area (Å²) in [5.41, 5.74) is 3.14. The minimum atomic E-state index is -1.01. The summed E-state index contributed by atoms with van der Waals surface area (Å²) in [6.45, 7) is 0. The average molecular weight is 486 g/mol. The van der Waals surface area contributed by atoms with Crippen molar-refractivity contribution in [3.63, 3.8) is 0 Å². The summed E-state index contributed by atoms with van der Waals surface area (Å²) in [7, 11) is 1.53. The van der Waals surface area contributed by atoms with E-state index in [1.165, 1.54) is 31.5 Å². The molecule has 0 aliphatic heterocycles. The predicted molar refractivity (Wildman–Crippen MR) is 125 cm³/mol. The zero-order chi connectivity index (χ0) is 23.8. The molecule has 33 heavy (non-hydrogen) atoms. The Morgan fingerprint density at radius 3 is 2.33 bits per heavy atom. The van der Waals surface area contributed by atoms with Gasteiger partial charge in [0.1, 0.15) is 11.5 Å². The van der Waals surface area contributed by atoms with Crippen LogP contribution in [-0.4, -0.2) is 31.1 Å². The number of para-hydroxylation sites is 1. The molecule has 0 aromatic heterocycles. The molecule has 3 rings (SSSR count). The minimum Gasteiger partial charge on any atom is -0.497 e. The second kappa shape index (κ2) is 11.1. The van der Waals surface area contributed by atoms with E-state index >= 15 is 0 Å². The number of amides is 2. The summed E-state index contributed by atoms with van der Waals surface area (Å²) in [6, 6.07) is 17.4. The van der Waals surface area contributed by atoms with Crippen LogP contribution in [0, 0.1) is 0 Å². The van der Waals surface area contributed by atoms with Gasteiger partial charge in [-0.3, -0.25) is 9.59 Å². The molecule has 3 aromatic rings. The molecule has 0 bridgehead atoms. The van der Waals surface area contributed by atoms with Crippen molar-refractivity contribution in [2.75, 3.05) is 12.4 Å². The molecule has 0 heterocycles. The van der Waals surface area contributed by atoms with E-state index in [2.05, 4.69) is 15.8 Å². The zero-order valence-corrected chi connectivity index (χ0v) is 18.7. The number of carbonyl (C=O) groups is 3. The predicted octanol–water partition coefficient (Wildman–Crippen LogP) is 4.31. The number of ether oxygens (including phenoxy) is 2. The van der Waals surface area contributed by atoms with Crippen molar-refractivity contribution >= 4 is 52.9 Å². The first-order chi connectivity index (χ1) is 15.9. The molecule has 0 aliphatic carbocycles. The number of hydrogen-bond acceptors (Lipinski definition) is 6. The van der Waals surface area contributed by atoms with E-state index in [-0.39, 0.29) is 10.8 Å². The molecule has 0 atom stereocenters. The standard InChI is InChI=1S/C23H17Cl2N3O5/c1-32-17-9-6-14(7-10-17)23(31)33-20-5-3-2-4-15(20)13-26-28-22(30)21(29)27-16-8-11-18(24)19(25)12-16/h2-13H,1H3,(H,27,29)(H,28,30)/b26-13+. The van der Waals surface area contributed by atoms with E-state index in [1.54, 1.807) is 48.5 Å². The molecule has 3 aromatic carbocycles. The molecule has 8 nitrogen and oxygen atoms in total. The van der Waals surface area contributed by atoms with Gasteiger partial charge in [-0.1, -0.05) is 35.3 Å². The van der Waals surface area contributed by atoms with Crippen molar-refractivity contribution in [2.24, 2.45) is 5.10 Å². The summed E-state index contributed by atoms with van der Waals surface area (Å²) in [5, 5.41) is 6.68. The lowest BCUT2D eigenvalue weighted by molar-refractivity contribution is -0.136. The normalized spacial score (nSPS) is 10.5. The van der Waals surface area contributed by atoms with Crippen molar-refractivity contribution in [1.29, 1.82) is 0 Å². The van der Waals surface area contributed by atoms with E-state index in [1.807, 2.05) is 0 Å². The van der Waals surface area contributed by atoms with Crippen LogP contribution in [0.15, 0.2) is 71.8 Å². The average Bonchev–Trinajstić information content (AvgIpc) is 2.82. The highest BCUT2D eigenvalue weighted by Crippen LogP contribution is 2.25. The molecule has 0 radical (unpaired) electrons. The van der Waals surface area contributed by atoms with Gasteiger partial charge in [0.05, 0.1) is 28.9 Å². The number of hydrogen-bond donors (Lipinski definition) is 2. The van der Waals surface area contributed by atoms with Gasteiger partial charge in [0, 0.05) is 11.3 Å². The molecule has 2 amide bonds. The lowest BCUT2D eigenvalue weighted by Crippen LogP contribution is -2.32. The Balaban J connectivity index is 1.61. The van der Waals surface area contributed by atoms with E-state index in [4.69, 9.17) is 32.7 Å². The Bertz CT molecular complexity index is 1210. The van der Waals surface area contributed by atoms with Crippen LogP contribution in [0.4, 0.5) is 5.69 Å². The zero-order valence-electron chi connectivity index (χ0n) is 17.2. The number of methoxy groups -OCH3 is 1. The van der Waals surface area contributed by atoms with Gasteiger partial charge in [-0.25, -0.2) is 10.2 Å². The summed E-state index contributed by atoms with van der Waals surface area (Å²) in [6.07, 6.45) is 1.25. The summed E-state index contributed by atoms with van der Waals surface area (Å²) in [5.74, 6) is -1.71. The second-order valence-electron chi connectivity index (χ2n) is 6.44. The summed E-state index contributed by atoms with van der Waals surface area (Å²) in [4.78, 5) is 36.4. The smallest absolute Gasteiger partial charge is 0.343 e. The highest BCUT2D eigenvalue weighted by Gasteiger charge is 2.14. The molecule has 0 fully saturated rings. The van der Waals surface area contributed by atoms with Crippen molar-refractivity contribution < 1.29 is 23.9 Å². The molecule has 0 saturated carbocycles. The molecule has 0 aliphatic rings. The maximum atomic E-state index is 12.4. The van der Waals surface area contributed by atoms with Crippen LogP contribution in [0.2, 0.25) is 10.0 Å². The number of anilines is 1. The molecule has 10 heteroatoms. The number of halogens is 2. The fourth-order valence-corrected chi connectivity index (χ4v) is 2.84. The van der Waals surface area contributed by atoms with Crippen molar-refractivity contribution in [2.45, 2.75) is 0 Å². The van der Waals surface area contributed by atoms with Crippen LogP contribution in [0.5, 0.6) is 11.5 Å². The lowest BCUT2D eigenvalue weighted by Gasteiger charge is -2.08.